The topological polar surface area (TPSA) is 87.5 Å². The summed E-state index contributed by atoms with van der Waals surface area (Å²) in [5.41, 5.74) is 0.463. The summed E-state index contributed by atoms with van der Waals surface area (Å²) in [6, 6.07) is 5.13. The number of carbonyl (C=O) groups is 2. The Balaban J connectivity index is 1.52. The molecule has 1 aliphatic rings. The Hall–Kier alpha value is -2.54. The Labute approximate surface area is 156 Å². The zero-order valence-corrected chi connectivity index (χ0v) is 15.1. The average Bonchev–Trinajstić information content (AvgIpc) is 3.19. The summed E-state index contributed by atoms with van der Waals surface area (Å²) in [6.07, 6.45) is 6.26. The molecule has 0 atom stereocenters. The molecule has 7 nitrogen and oxygen atoms in total. The molecule has 0 aromatic carbocycles. The van der Waals surface area contributed by atoms with Gasteiger partial charge in [0.25, 0.3) is 5.91 Å². The lowest BCUT2D eigenvalue weighted by Crippen LogP contribution is -2.35. The van der Waals surface area contributed by atoms with E-state index in [-0.39, 0.29) is 18.4 Å². The van der Waals surface area contributed by atoms with Gasteiger partial charge in [-0.25, -0.2) is 4.98 Å². The van der Waals surface area contributed by atoms with Crippen molar-refractivity contribution in [2.24, 2.45) is 0 Å². The van der Waals surface area contributed by atoms with Crippen molar-refractivity contribution in [2.45, 2.75) is 25.8 Å². The third-order valence-electron chi connectivity index (χ3n) is 4.19. The number of nitrogens with one attached hydrogen (secondary N) is 2. The fraction of sp³-hybridized carbons (Fsp3) is 0.389. The molecule has 3 heterocycles. The van der Waals surface area contributed by atoms with Crippen LogP contribution in [0, 0.1) is 0 Å². The molecule has 0 radical (unpaired) electrons. The van der Waals surface area contributed by atoms with Gasteiger partial charge in [0.15, 0.2) is 0 Å². The zero-order chi connectivity index (χ0) is 18.4. The lowest BCUT2D eigenvalue weighted by molar-refractivity contribution is -0.119. The molecular formula is C18H21ClN4O3. The molecule has 0 unspecified atom stereocenters. The zero-order valence-electron chi connectivity index (χ0n) is 14.3. The van der Waals surface area contributed by atoms with Crippen LogP contribution in [0.2, 0.25) is 5.02 Å². The molecule has 138 valence electrons. The molecule has 2 aromatic rings. The standard InChI is InChI=1S/C18H21ClN4O3/c19-15-9-13(18(25)23-6-2-1-3-7-23)10-21-17(15)22-12-16(24)20-11-14-5-4-8-26-14/h4-5,8-10H,1-3,6-7,11-12H2,(H,20,24)(H,21,22). The van der Waals surface area contributed by atoms with Gasteiger partial charge in [-0.1, -0.05) is 11.6 Å². The van der Waals surface area contributed by atoms with E-state index in [1.165, 1.54) is 6.20 Å². The van der Waals surface area contributed by atoms with E-state index in [1.807, 2.05) is 4.90 Å². The molecule has 1 aliphatic heterocycles. The van der Waals surface area contributed by atoms with Gasteiger partial charge in [-0.3, -0.25) is 9.59 Å². The van der Waals surface area contributed by atoms with Crippen molar-refractivity contribution in [1.29, 1.82) is 0 Å². The lowest BCUT2D eigenvalue weighted by Gasteiger charge is -2.26. The first-order valence-corrected chi connectivity index (χ1v) is 8.99. The van der Waals surface area contributed by atoms with Crippen LogP contribution < -0.4 is 10.6 Å². The van der Waals surface area contributed by atoms with Crippen molar-refractivity contribution in [3.8, 4) is 0 Å². The van der Waals surface area contributed by atoms with Gasteiger partial charge in [0.2, 0.25) is 5.91 Å². The second-order valence-electron chi connectivity index (χ2n) is 6.12. The maximum Gasteiger partial charge on any atom is 0.255 e. The molecule has 26 heavy (non-hydrogen) atoms. The third kappa shape index (κ3) is 4.76. The number of piperidine rings is 1. The van der Waals surface area contributed by atoms with Crippen molar-refractivity contribution >= 4 is 29.2 Å². The maximum absolute atomic E-state index is 12.5. The van der Waals surface area contributed by atoms with Crippen molar-refractivity contribution in [2.75, 3.05) is 25.0 Å². The van der Waals surface area contributed by atoms with Gasteiger partial charge in [-0.2, -0.15) is 0 Å². The second kappa shape index (κ2) is 8.71. The first kappa shape index (κ1) is 18.3. The number of halogens is 1. The van der Waals surface area contributed by atoms with Crippen molar-refractivity contribution in [1.82, 2.24) is 15.2 Å². The van der Waals surface area contributed by atoms with E-state index < -0.39 is 0 Å². The van der Waals surface area contributed by atoms with E-state index in [0.29, 0.717) is 28.7 Å². The third-order valence-corrected chi connectivity index (χ3v) is 4.48. The van der Waals surface area contributed by atoms with Crippen LogP contribution in [0.15, 0.2) is 35.1 Å². The fourth-order valence-corrected chi connectivity index (χ4v) is 3.02. The summed E-state index contributed by atoms with van der Waals surface area (Å²) in [5.74, 6) is 0.777. The highest BCUT2D eigenvalue weighted by molar-refractivity contribution is 6.33. The van der Waals surface area contributed by atoms with Crippen molar-refractivity contribution in [3.63, 3.8) is 0 Å². The summed E-state index contributed by atoms with van der Waals surface area (Å²) in [7, 11) is 0. The number of pyridine rings is 1. The molecule has 1 saturated heterocycles. The van der Waals surface area contributed by atoms with Crippen molar-refractivity contribution < 1.29 is 14.0 Å². The van der Waals surface area contributed by atoms with Crippen LogP contribution in [0.25, 0.3) is 0 Å². The molecule has 0 saturated carbocycles. The maximum atomic E-state index is 12.5. The number of carbonyl (C=O) groups excluding carboxylic acids is 2. The van der Waals surface area contributed by atoms with Gasteiger partial charge >= 0.3 is 0 Å². The second-order valence-corrected chi connectivity index (χ2v) is 6.52. The highest BCUT2D eigenvalue weighted by Gasteiger charge is 2.19. The van der Waals surface area contributed by atoms with E-state index in [9.17, 15) is 9.59 Å². The van der Waals surface area contributed by atoms with Gasteiger partial charge < -0.3 is 20.0 Å². The number of amides is 2. The fourth-order valence-electron chi connectivity index (χ4n) is 2.79. The number of anilines is 1. The average molecular weight is 377 g/mol. The molecule has 1 fully saturated rings. The van der Waals surface area contributed by atoms with E-state index in [0.717, 1.165) is 32.4 Å². The van der Waals surface area contributed by atoms with Gasteiger partial charge in [-0.05, 0) is 37.5 Å². The van der Waals surface area contributed by atoms with Crippen molar-refractivity contribution in [3.05, 3.63) is 47.0 Å². The molecule has 0 aliphatic carbocycles. The molecule has 8 heteroatoms. The summed E-state index contributed by atoms with van der Waals surface area (Å²) in [4.78, 5) is 30.3. The van der Waals surface area contributed by atoms with Crippen LogP contribution >= 0.6 is 11.6 Å². The van der Waals surface area contributed by atoms with Crippen LogP contribution in [0.4, 0.5) is 5.82 Å². The molecule has 0 bridgehead atoms. The molecule has 2 aromatic heterocycles. The van der Waals surface area contributed by atoms with E-state index >= 15 is 0 Å². The number of likely N-dealkylation sites (tertiary alicyclic amines) is 1. The van der Waals surface area contributed by atoms with Crippen LogP contribution in [0.5, 0.6) is 0 Å². The first-order valence-electron chi connectivity index (χ1n) is 8.61. The number of hydrogen-bond donors (Lipinski definition) is 2. The minimum Gasteiger partial charge on any atom is -0.467 e. The smallest absolute Gasteiger partial charge is 0.255 e. The minimum absolute atomic E-state index is 0.0207. The Morgan fingerprint density at radius 3 is 2.77 bits per heavy atom. The molecular weight excluding hydrogens is 356 g/mol. The monoisotopic (exact) mass is 376 g/mol. The summed E-state index contributed by atoms with van der Waals surface area (Å²) in [5, 5.41) is 5.91. The summed E-state index contributed by atoms with van der Waals surface area (Å²) < 4.78 is 5.15. The Bertz CT molecular complexity index is 758. The Kier molecular flexibility index (Phi) is 6.12. The molecule has 0 spiro atoms. The molecule has 2 amide bonds. The lowest BCUT2D eigenvalue weighted by atomic mass is 10.1. The van der Waals surface area contributed by atoms with Crippen LogP contribution in [0.1, 0.15) is 35.4 Å². The molecule has 2 N–H and O–H groups in total. The number of furan rings is 1. The number of rotatable bonds is 6. The predicted molar refractivity (Wildman–Crippen MR) is 98.0 cm³/mol. The number of nitrogens with zero attached hydrogens (tertiary/aromatic N) is 2. The van der Waals surface area contributed by atoms with E-state index in [2.05, 4.69) is 15.6 Å². The molecule has 3 rings (SSSR count). The highest BCUT2D eigenvalue weighted by atomic mass is 35.5. The van der Waals surface area contributed by atoms with Crippen LogP contribution in [0.3, 0.4) is 0 Å². The first-order chi connectivity index (χ1) is 12.6. The van der Waals surface area contributed by atoms with Crippen LogP contribution in [-0.2, 0) is 11.3 Å². The Morgan fingerprint density at radius 1 is 1.27 bits per heavy atom. The van der Waals surface area contributed by atoms with E-state index in [4.69, 9.17) is 16.0 Å². The summed E-state index contributed by atoms with van der Waals surface area (Å²) >= 11 is 6.21. The van der Waals surface area contributed by atoms with Gasteiger partial charge in [0.05, 0.1) is 29.9 Å². The van der Waals surface area contributed by atoms with E-state index in [1.54, 1.807) is 24.5 Å². The number of hydrogen-bond acceptors (Lipinski definition) is 5. The quantitative estimate of drug-likeness (QED) is 0.809. The number of aromatic nitrogens is 1. The predicted octanol–water partition coefficient (Wildman–Crippen LogP) is 2.68. The Morgan fingerprint density at radius 2 is 2.08 bits per heavy atom. The SMILES string of the molecule is O=C(CNc1ncc(C(=O)N2CCCCC2)cc1Cl)NCc1ccco1. The van der Waals surface area contributed by atoms with Gasteiger partial charge in [-0.15, -0.1) is 0 Å². The van der Waals surface area contributed by atoms with Gasteiger partial charge in [0.1, 0.15) is 11.6 Å². The minimum atomic E-state index is -0.215. The van der Waals surface area contributed by atoms with Crippen LogP contribution in [-0.4, -0.2) is 41.3 Å². The highest BCUT2D eigenvalue weighted by Crippen LogP contribution is 2.21. The normalized spacial score (nSPS) is 14.1. The largest absolute Gasteiger partial charge is 0.467 e. The van der Waals surface area contributed by atoms with Gasteiger partial charge in [0, 0.05) is 19.3 Å². The summed E-state index contributed by atoms with van der Waals surface area (Å²) in [6.45, 7) is 1.88.